The number of nitrogens with one attached hydrogen (secondary N) is 1. The van der Waals surface area contributed by atoms with Crippen LogP contribution in [0.3, 0.4) is 0 Å². The van der Waals surface area contributed by atoms with Crippen LogP contribution >= 0.6 is 0 Å². The molecule has 0 radical (unpaired) electrons. The molecule has 18 heavy (non-hydrogen) atoms. The number of hydrogen-bond acceptors (Lipinski definition) is 2. The molecular formula is C14H19NO3. The average Bonchev–Trinajstić information content (AvgIpc) is 2.22. The van der Waals surface area contributed by atoms with Crippen molar-refractivity contribution >= 4 is 17.6 Å². The van der Waals surface area contributed by atoms with Gasteiger partial charge in [0.25, 0.3) is 0 Å². The highest BCUT2D eigenvalue weighted by Gasteiger charge is 2.29. The van der Waals surface area contributed by atoms with Crippen molar-refractivity contribution in [2.24, 2.45) is 11.8 Å². The van der Waals surface area contributed by atoms with Gasteiger partial charge in [0.05, 0.1) is 0 Å². The molecule has 1 unspecified atom stereocenters. The van der Waals surface area contributed by atoms with E-state index in [0.717, 1.165) is 11.1 Å². The average molecular weight is 249 g/mol. The number of carboxylic acids is 1. The van der Waals surface area contributed by atoms with E-state index in [1.54, 1.807) is 19.9 Å². The molecule has 0 aliphatic heterocycles. The lowest BCUT2D eigenvalue weighted by Crippen LogP contribution is -2.33. The molecule has 0 bridgehead atoms. The van der Waals surface area contributed by atoms with Crippen molar-refractivity contribution in [1.82, 2.24) is 0 Å². The first-order valence-corrected chi connectivity index (χ1v) is 5.94. The lowest BCUT2D eigenvalue weighted by atomic mass is 9.95. The SMILES string of the molecule is Cc1ccc(NC(=O)C(C(=O)O)C(C)C)cc1C. The number of aryl methyl sites for hydroxylation is 2. The number of anilines is 1. The normalized spacial score (nSPS) is 12.3. The third-order valence-corrected chi connectivity index (χ3v) is 2.99. The Bertz CT molecular complexity index is 466. The zero-order valence-corrected chi connectivity index (χ0v) is 11.2. The highest BCUT2D eigenvalue weighted by Crippen LogP contribution is 2.18. The van der Waals surface area contributed by atoms with Gasteiger partial charge in [-0.15, -0.1) is 0 Å². The summed E-state index contributed by atoms with van der Waals surface area (Å²) in [6.07, 6.45) is 0. The molecular weight excluding hydrogens is 230 g/mol. The standard InChI is InChI=1S/C14H19NO3/c1-8(2)12(14(17)18)13(16)15-11-6-5-9(3)10(4)7-11/h5-8,12H,1-4H3,(H,15,16)(H,17,18). The van der Waals surface area contributed by atoms with Crippen LogP contribution in [-0.2, 0) is 9.59 Å². The molecule has 1 aromatic carbocycles. The third kappa shape index (κ3) is 3.32. The van der Waals surface area contributed by atoms with Gasteiger partial charge in [-0.25, -0.2) is 0 Å². The molecule has 1 amide bonds. The number of aliphatic carboxylic acids is 1. The fourth-order valence-corrected chi connectivity index (χ4v) is 1.74. The van der Waals surface area contributed by atoms with Crippen LogP contribution in [0.1, 0.15) is 25.0 Å². The van der Waals surface area contributed by atoms with E-state index in [4.69, 9.17) is 5.11 Å². The maximum Gasteiger partial charge on any atom is 0.316 e. The van der Waals surface area contributed by atoms with Crippen molar-refractivity contribution in [3.8, 4) is 0 Å². The summed E-state index contributed by atoms with van der Waals surface area (Å²) in [5.41, 5.74) is 2.82. The van der Waals surface area contributed by atoms with Crippen molar-refractivity contribution in [2.75, 3.05) is 5.32 Å². The van der Waals surface area contributed by atoms with Gasteiger partial charge in [0, 0.05) is 5.69 Å². The van der Waals surface area contributed by atoms with Crippen LogP contribution in [0.15, 0.2) is 18.2 Å². The Hall–Kier alpha value is -1.84. The molecule has 0 saturated heterocycles. The third-order valence-electron chi connectivity index (χ3n) is 2.99. The number of carbonyl (C=O) groups excluding carboxylic acids is 1. The minimum Gasteiger partial charge on any atom is -0.481 e. The monoisotopic (exact) mass is 249 g/mol. The molecule has 98 valence electrons. The van der Waals surface area contributed by atoms with E-state index in [1.807, 2.05) is 26.0 Å². The molecule has 4 nitrogen and oxygen atoms in total. The van der Waals surface area contributed by atoms with E-state index in [2.05, 4.69) is 5.32 Å². The van der Waals surface area contributed by atoms with E-state index in [0.29, 0.717) is 5.69 Å². The quantitative estimate of drug-likeness (QED) is 0.806. The summed E-state index contributed by atoms with van der Waals surface area (Å²) < 4.78 is 0. The molecule has 0 spiro atoms. The Morgan fingerprint density at radius 2 is 1.78 bits per heavy atom. The second-order valence-electron chi connectivity index (χ2n) is 4.85. The van der Waals surface area contributed by atoms with E-state index >= 15 is 0 Å². The smallest absolute Gasteiger partial charge is 0.316 e. The number of benzene rings is 1. The van der Waals surface area contributed by atoms with Crippen molar-refractivity contribution in [3.05, 3.63) is 29.3 Å². The van der Waals surface area contributed by atoms with Crippen molar-refractivity contribution < 1.29 is 14.7 Å². The minimum absolute atomic E-state index is 0.242. The van der Waals surface area contributed by atoms with Crippen LogP contribution in [0.25, 0.3) is 0 Å². The zero-order valence-electron chi connectivity index (χ0n) is 11.2. The molecule has 4 heteroatoms. The van der Waals surface area contributed by atoms with Crippen molar-refractivity contribution in [2.45, 2.75) is 27.7 Å². The summed E-state index contributed by atoms with van der Waals surface area (Å²) in [5, 5.41) is 11.7. The van der Waals surface area contributed by atoms with E-state index in [1.165, 1.54) is 0 Å². The molecule has 1 rings (SSSR count). The van der Waals surface area contributed by atoms with Crippen molar-refractivity contribution in [1.29, 1.82) is 0 Å². The Labute approximate surface area is 107 Å². The van der Waals surface area contributed by atoms with Crippen LogP contribution in [-0.4, -0.2) is 17.0 Å². The predicted octanol–water partition coefficient (Wildman–Crippen LogP) is 2.60. The first-order chi connectivity index (χ1) is 8.32. The summed E-state index contributed by atoms with van der Waals surface area (Å²) in [5.74, 6) is -2.83. The summed E-state index contributed by atoms with van der Waals surface area (Å²) in [7, 11) is 0. The van der Waals surface area contributed by atoms with Gasteiger partial charge in [-0.1, -0.05) is 19.9 Å². The molecule has 0 aliphatic carbocycles. The Kier molecular flexibility index (Phi) is 4.48. The summed E-state index contributed by atoms with van der Waals surface area (Å²) in [6.45, 7) is 7.37. The summed E-state index contributed by atoms with van der Waals surface area (Å²) in [6, 6.07) is 5.52. The van der Waals surface area contributed by atoms with Crippen LogP contribution < -0.4 is 5.32 Å². The first-order valence-electron chi connectivity index (χ1n) is 5.94. The van der Waals surface area contributed by atoms with E-state index in [9.17, 15) is 9.59 Å². The van der Waals surface area contributed by atoms with Gasteiger partial charge >= 0.3 is 5.97 Å². The van der Waals surface area contributed by atoms with E-state index < -0.39 is 17.8 Å². The predicted molar refractivity (Wildman–Crippen MR) is 70.5 cm³/mol. The zero-order chi connectivity index (χ0) is 13.9. The molecule has 0 aliphatic rings. The number of amides is 1. The van der Waals surface area contributed by atoms with Gasteiger partial charge in [0.2, 0.25) is 5.91 Å². The lowest BCUT2D eigenvalue weighted by molar-refractivity contribution is -0.147. The van der Waals surface area contributed by atoms with Gasteiger partial charge in [0.1, 0.15) is 5.92 Å². The molecule has 1 aromatic rings. The minimum atomic E-state index is -1.09. The summed E-state index contributed by atoms with van der Waals surface area (Å²) >= 11 is 0. The maximum absolute atomic E-state index is 11.9. The largest absolute Gasteiger partial charge is 0.481 e. The van der Waals surface area contributed by atoms with Gasteiger partial charge in [0.15, 0.2) is 0 Å². The highest BCUT2D eigenvalue weighted by molar-refractivity contribution is 6.04. The second kappa shape index (κ2) is 5.67. The van der Waals surface area contributed by atoms with Crippen molar-refractivity contribution in [3.63, 3.8) is 0 Å². The molecule has 0 fully saturated rings. The van der Waals surface area contributed by atoms with Crippen LogP contribution in [0.4, 0.5) is 5.69 Å². The van der Waals surface area contributed by atoms with Gasteiger partial charge in [-0.2, -0.15) is 0 Å². The molecule has 0 heterocycles. The van der Waals surface area contributed by atoms with Crippen LogP contribution in [0.2, 0.25) is 0 Å². The number of hydrogen-bond donors (Lipinski definition) is 2. The molecule has 2 N–H and O–H groups in total. The number of carbonyl (C=O) groups is 2. The number of rotatable bonds is 4. The molecule has 1 atom stereocenters. The van der Waals surface area contributed by atoms with Gasteiger partial charge in [-0.05, 0) is 43.0 Å². The Balaban J connectivity index is 2.86. The van der Waals surface area contributed by atoms with E-state index in [-0.39, 0.29) is 5.92 Å². The fraction of sp³-hybridized carbons (Fsp3) is 0.429. The summed E-state index contributed by atoms with van der Waals surface area (Å²) in [4.78, 5) is 22.9. The lowest BCUT2D eigenvalue weighted by Gasteiger charge is -2.16. The second-order valence-corrected chi connectivity index (χ2v) is 4.85. The van der Waals surface area contributed by atoms with Crippen LogP contribution in [0, 0.1) is 25.7 Å². The topological polar surface area (TPSA) is 66.4 Å². The van der Waals surface area contributed by atoms with Crippen LogP contribution in [0.5, 0.6) is 0 Å². The number of carboxylic acid groups (broad SMARTS) is 1. The Morgan fingerprint density at radius 1 is 1.17 bits per heavy atom. The first kappa shape index (κ1) is 14.2. The van der Waals surface area contributed by atoms with Gasteiger partial charge < -0.3 is 10.4 Å². The molecule has 0 aromatic heterocycles. The maximum atomic E-state index is 11.9. The fourth-order valence-electron chi connectivity index (χ4n) is 1.74. The Morgan fingerprint density at radius 3 is 2.22 bits per heavy atom. The molecule has 0 saturated carbocycles. The van der Waals surface area contributed by atoms with Gasteiger partial charge in [-0.3, -0.25) is 9.59 Å². The highest BCUT2D eigenvalue weighted by atomic mass is 16.4.